The van der Waals surface area contributed by atoms with E-state index < -0.39 is 0 Å². The van der Waals surface area contributed by atoms with Crippen LogP contribution >= 0.6 is 11.8 Å². The van der Waals surface area contributed by atoms with E-state index >= 15 is 0 Å². The highest BCUT2D eigenvalue weighted by atomic mass is 32.2. The van der Waals surface area contributed by atoms with Crippen molar-refractivity contribution in [3.63, 3.8) is 0 Å². The van der Waals surface area contributed by atoms with Crippen LogP contribution < -0.4 is 0 Å². The molecule has 1 amide bonds. The topological polar surface area (TPSA) is 33.2 Å². The van der Waals surface area contributed by atoms with Crippen molar-refractivity contribution in [3.05, 3.63) is 24.1 Å². The molecule has 0 bridgehead atoms. The van der Waals surface area contributed by atoms with Crippen molar-refractivity contribution in [1.29, 1.82) is 0 Å². The summed E-state index contributed by atoms with van der Waals surface area (Å²) in [6.45, 7) is 1.74. The predicted octanol–water partition coefficient (Wildman–Crippen LogP) is 1.79. The number of thioether (sulfide) groups is 1. The Morgan fingerprint density at radius 1 is 1.60 bits per heavy atom. The Bertz CT molecular complexity index is 357. The van der Waals surface area contributed by atoms with Gasteiger partial charge in [-0.25, -0.2) is 9.37 Å². The largest absolute Gasteiger partial charge is 0.348 e. The third-order valence-electron chi connectivity index (χ3n) is 1.80. The molecule has 0 fully saturated rings. The lowest BCUT2D eigenvalue weighted by Gasteiger charge is -2.15. The zero-order valence-electron chi connectivity index (χ0n) is 8.90. The fraction of sp³-hybridized carbons (Fsp3) is 0.400. The minimum absolute atomic E-state index is 0.0509. The molecule has 0 spiro atoms. The third kappa shape index (κ3) is 3.20. The molecule has 0 aliphatic heterocycles. The normalized spacial score (nSPS) is 12.3. The predicted molar refractivity (Wildman–Crippen MR) is 58.2 cm³/mol. The lowest BCUT2D eigenvalue weighted by atomic mass is 10.4. The van der Waals surface area contributed by atoms with Gasteiger partial charge in [-0.15, -0.1) is 0 Å². The van der Waals surface area contributed by atoms with Gasteiger partial charge in [0.1, 0.15) is 5.03 Å². The first kappa shape index (κ1) is 12.0. The number of amides is 1. The van der Waals surface area contributed by atoms with Crippen LogP contribution in [0, 0.1) is 5.82 Å². The summed E-state index contributed by atoms with van der Waals surface area (Å²) in [6, 6.07) is 2.86. The van der Waals surface area contributed by atoms with Gasteiger partial charge in [0.05, 0.1) is 5.25 Å². The monoisotopic (exact) mass is 228 g/mol. The molecule has 0 unspecified atom stereocenters. The van der Waals surface area contributed by atoms with E-state index in [1.54, 1.807) is 21.0 Å². The van der Waals surface area contributed by atoms with Gasteiger partial charge in [0.15, 0.2) is 5.82 Å². The molecule has 1 rings (SSSR count). The number of nitrogens with zero attached hydrogens (tertiary/aromatic N) is 2. The second-order valence-electron chi connectivity index (χ2n) is 3.28. The van der Waals surface area contributed by atoms with Crippen LogP contribution in [0.5, 0.6) is 0 Å². The maximum Gasteiger partial charge on any atom is 0.235 e. The molecule has 82 valence electrons. The average Bonchev–Trinajstić information content (AvgIpc) is 2.20. The lowest BCUT2D eigenvalue weighted by Crippen LogP contribution is -2.29. The van der Waals surface area contributed by atoms with Crippen LogP contribution in [0.2, 0.25) is 0 Å². The van der Waals surface area contributed by atoms with Gasteiger partial charge in [0, 0.05) is 20.3 Å². The van der Waals surface area contributed by atoms with E-state index in [1.807, 2.05) is 0 Å². The van der Waals surface area contributed by atoms with Crippen molar-refractivity contribution < 1.29 is 9.18 Å². The zero-order valence-corrected chi connectivity index (χ0v) is 9.71. The first-order valence-electron chi connectivity index (χ1n) is 4.50. The SMILES string of the molecule is C[C@H](Sc1ncccc1F)C(=O)N(C)C. The summed E-state index contributed by atoms with van der Waals surface area (Å²) < 4.78 is 13.2. The maximum absolute atomic E-state index is 13.2. The first-order valence-corrected chi connectivity index (χ1v) is 5.38. The van der Waals surface area contributed by atoms with E-state index in [1.165, 1.54) is 23.2 Å². The summed E-state index contributed by atoms with van der Waals surface area (Å²) in [7, 11) is 3.35. The molecule has 1 heterocycles. The Kier molecular flexibility index (Phi) is 4.08. The molecule has 0 aliphatic rings. The minimum Gasteiger partial charge on any atom is -0.348 e. The Morgan fingerprint density at radius 2 is 2.27 bits per heavy atom. The fourth-order valence-corrected chi connectivity index (χ4v) is 1.99. The molecule has 0 N–H and O–H groups in total. The van der Waals surface area contributed by atoms with Gasteiger partial charge in [-0.05, 0) is 19.1 Å². The number of hydrogen-bond donors (Lipinski definition) is 0. The van der Waals surface area contributed by atoms with Gasteiger partial charge in [0.2, 0.25) is 5.91 Å². The van der Waals surface area contributed by atoms with Crippen molar-refractivity contribution in [3.8, 4) is 0 Å². The number of carbonyl (C=O) groups is 1. The van der Waals surface area contributed by atoms with E-state index in [0.29, 0.717) is 0 Å². The van der Waals surface area contributed by atoms with Crippen LogP contribution in [0.1, 0.15) is 6.92 Å². The van der Waals surface area contributed by atoms with Crippen LogP contribution in [0.25, 0.3) is 0 Å². The van der Waals surface area contributed by atoms with Gasteiger partial charge in [0.25, 0.3) is 0 Å². The third-order valence-corrected chi connectivity index (χ3v) is 2.88. The van der Waals surface area contributed by atoms with Crippen LogP contribution in [0.3, 0.4) is 0 Å². The quantitative estimate of drug-likeness (QED) is 0.739. The summed E-state index contributed by atoms with van der Waals surface area (Å²) in [6.07, 6.45) is 1.51. The molecular formula is C10H13FN2OS. The minimum atomic E-state index is -0.388. The van der Waals surface area contributed by atoms with Crippen LogP contribution in [-0.4, -0.2) is 35.1 Å². The molecule has 0 radical (unpaired) electrons. The molecule has 3 nitrogen and oxygen atoms in total. The summed E-state index contributed by atoms with van der Waals surface area (Å²) in [5, 5.41) is -0.0652. The van der Waals surface area contributed by atoms with E-state index in [0.717, 1.165) is 11.8 Å². The van der Waals surface area contributed by atoms with Gasteiger partial charge >= 0.3 is 0 Å². The summed E-state index contributed by atoms with van der Waals surface area (Å²) in [5.74, 6) is -0.439. The highest BCUT2D eigenvalue weighted by Gasteiger charge is 2.18. The Labute approximate surface area is 92.7 Å². The summed E-state index contributed by atoms with van der Waals surface area (Å²) >= 11 is 1.13. The summed E-state index contributed by atoms with van der Waals surface area (Å²) in [4.78, 5) is 16.9. The summed E-state index contributed by atoms with van der Waals surface area (Å²) in [5.41, 5.74) is 0. The van der Waals surface area contributed by atoms with Gasteiger partial charge in [-0.2, -0.15) is 0 Å². The molecule has 1 aromatic heterocycles. The van der Waals surface area contributed by atoms with Gasteiger partial charge < -0.3 is 4.90 Å². The molecule has 0 aliphatic carbocycles. The molecule has 0 saturated heterocycles. The van der Waals surface area contributed by atoms with Crippen LogP contribution in [-0.2, 0) is 4.79 Å². The number of aromatic nitrogens is 1. The van der Waals surface area contributed by atoms with Crippen molar-refractivity contribution in [2.24, 2.45) is 0 Å². The molecule has 0 aromatic carbocycles. The van der Waals surface area contributed by atoms with Crippen molar-refractivity contribution in [2.45, 2.75) is 17.2 Å². The number of carbonyl (C=O) groups excluding carboxylic acids is 1. The fourth-order valence-electron chi connectivity index (χ4n) is 1.04. The number of rotatable bonds is 3. The van der Waals surface area contributed by atoms with Gasteiger partial charge in [-0.1, -0.05) is 11.8 Å². The second-order valence-corrected chi connectivity index (χ2v) is 4.61. The van der Waals surface area contributed by atoms with Gasteiger partial charge in [-0.3, -0.25) is 4.79 Å². The smallest absolute Gasteiger partial charge is 0.235 e. The second kappa shape index (κ2) is 5.11. The van der Waals surface area contributed by atoms with Crippen molar-refractivity contribution >= 4 is 17.7 Å². The highest BCUT2D eigenvalue weighted by Crippen LogP contribution is 2.24. The number of pyridine rings is 1. The molecule has 5 heteroatoms. The van der Waals surface area contributed by atoms with E-state index in [9.17, 15) is 9.18 Å². The standard InChI is InChI=1S/C10H13FN2OS/c1-7(10(14)13(2)3)15-9-8(11)5-4-6-12-9/h4-7H,1-3H3/t7-/m0/s1. The van der Waals surface area contributed by atoms with Crippen LogP contribution in [0.15, 0.2) is 23.4 Å². The van der Waals surface area contributed by atoms with E-state index in [-0.39, 0.29) is 22.0 Å². The Morgan fingerprint density at radius 3 is 2.80 bits per heavy atom. The van der Waals surface area contributed by atoms with Crippen molar-refractivity contribution in [2.75, 3.05) is 14.1 Å². The van der Waals surface area contributed by atoms with E-state index in [4.69, 9.17) is 0 Å². The van der Waals surface area contributed by atoms with E-state index in [2.05, 4.69) is 4.98 Å². The average molecular weight is 228 g/mol. The molecule has 15 heavy (non-hydrogen) atoms. The lowest BCUT2D eigenvalue weighted by molar-refractivity contribution is -0.127. The highest BCUT2D eigenvalue weighted by molar-refractivity contribution is 8.00. The molecular weight excluding hydrogens is 215 g/mol. The maximum atomic E-state index is 13.2. The molecule has 1 atom stereocenters. The molecule has 0 saturated carbocycles. The first-order chi connectivity index (χ1) is 7.02. The van der Waals surface area contributed by atoms with Crippen molar-refractivity contribution in [1.82, 2.24) is 9.88 Å². The molecule has 1 aromatic rings. The number of hydrogen-bond acceptors (Lipinski definition) is 3. The number of halogens is 1. The van der Waals surface area contributed by atoms with Crippen LogP contribution in [0.4, 0.5) is 4.39 Å². The Balaban J connectivity index is 2.71. The Hall–Kier alpha value is -1.10. The zero-order chi connectivity index (χ0) is 11.4.